The minimum absolute atomic E-state index is 0.0540. The number of ether oxygens (including phenoxy) is 1. The van der Waals surface area contributed by atoms with Gasteiger partial charge in [0, 0.05) is 11.6 Å². The van der Waals surface area contributed by atoms with Crippen molar-refractivity contribution in [2.24, 2.45) is 5.73 Å². The van der Waals surface area contributed by atoms with E-state index in [0.29, 0.717) is 11.1 Å². The highest BCUT2D eigenvalue weighted by Gasteiger charge is 2.25. The molecule has 1 amide bonds. The lowest BCUT2D eigenvalue weighted by Crippen LogP contribution is -2.43. The van der Waals surface area contributed by atoms with Crippen LogP contribution in [0.5, 0.6) is 0 Å². The molecule has 160 valence electrons. The first-order valence-corrected chi connectivity index (χ1v) is 10.7. The molecule has 3 aromatic rings. The summed E-state index contributed by atoms with van der Waals surface area (Å²) in [4.78, 5) is 33.8. The molecule has 0 aliphatic carbocycles. The number of nitrogens with two attached hydrogens (primary N) is 1. The van der Waals surface area contributed by atoms with Crippen LogP contribution in [0.25, 0.3) is 10.9 Å². The number of carbonyl (C=O) groups excluding carboxylic acids is 2. The number of benzene rings is 2. The van der Waals surface area contributed by atoms with Crippen LogP contribution in [-0.4, -0.2) is 42.7 Å². The van der Waals surface area contributed by atoms with Crippen molar-refractivity contribution in [3.05, 3.63) is 71.9 Å². The van der Waals surface area contributed by atoms with Crippen LogP contribution in [0.4, 0.5) is 4.79 Å². The van der Waals surface area contributed by atoms with Crippen molar-refractivity contribution < 1.29 is 27.6 Å². The predicted octanol–water partition coefficient (Wildman–Crippen LogP) is 2.24. The van der Waals surface area contributed by atoms with Gasteiger partial charge < -0.3 is 15.3 Å². The minimum atomic E-state index is -3.44. The highest BCUT2D eigenvalue weighted by molar-refractivity contribution is 7.90. The Kier molecular flexibility index (Phi) is 6.16. The zero-order valence-corrected chi connectivity index (χ0v) is 17.1. The van der Waals surface area contributed by atoms with E-state index in [-0.39, 0.29) is 22.3 Å². The van der Waals surface area contributed by atoms with Crippen LogP contribution in [0.15, 0.2) is 65.6 Å². The van der Waals surface area contributed by atoms with Gasteiger partial charge in [-0.15, -0.1) is 0 Å². The van der Waals surface area contributed by atoms with Crippen LogP contribution < -0.4 is 5.73 Å². The average molecular weight is 442 g/mol. The number of aromatic nitrogens is 1. The van der Waals surface area contributed by atoms with Crippen LogP contribution in [0.3, 0.4) is 0 Å². The Hall–Kier alpha value is -3.99. The van der Waals surface area contributed by atoms with Crippen molar-refractivity contribution in [1.29, 1.82) is 5.41 Å². The van der Waals surface area contributed by atoms with Crippen LogP contribution in [0.2, 0.25) is 0 Å². The zero-order valence-electron chi connectivity index (χ0n) is 16.3. The fraction of sp³-hybridized carbons (Fsp3) is 0.100. The van der Waals surface area contributed by atoms with Crippen molar-refractivity contribution in [3.8, 4) is 0 Å². The minimum Gasteiger partial charge on any atom is -0.442 e. The Balaban J connectivity index is 1.70. The SMILES string of the molecule is CS(=O)(=O)c1cccc(COC(=O)N(OC(=O)c2ccc3ccccc3n2)C(=N)N)c1. The van der Waals surface area contributed by atoms with Gasteiger partial charge in [-0.05, 0) is 29.8 Å². The summed E-state index contributed by atoms with van der Waals surface area (Å²) in [5.41, 5.74) is 6.16. The Morgan fingerprint density at radius 2 is 1.84 bits per heavy atom. The molecule has 3 rings (SSSR count). The molecule has 31 heavy (non-hydrogen) atoms. The maximum Gasteiger partial charge on any atom is 0.451 e. The Morgan fingerprint density at radius 1 is 1.10 bits per heavy atom. The standard InChI is InChI=1S/C20H18N4O6S/c1-31(27,28)15-7-4-5-13(11-15)12-29-20(26)24(19(21)22)30-18(25)17-10-9-14-6-2-3-8-16(14)23-17/h2-11H,12H2,1H3,(H3,21,22). The summed E-state index contributed by atoms with van der Waals surface area (Å²) in [5.74, 6) is -1.90. The summed E-state index contributed by atoms with van der Waals surface area (Å²) >= 11 is 0. The molecule has 1 aromatic heterocycles. The zero-order chi connectivity index (χ0) is 22.6. The van der Waals surface area contributed by atoms with E-state index >= 15 is 0 Å². The Morgan fingerprint density at radius 3 is 2.55 bits per heavy atom. The molecule has 10 nitrogen and oxygen atoms in total. The number of para-hydroxylation sites is 1. The highest BCUT2D eigenvalue weighted by Crippen LogP contribution is 2.14. The van der Waals surface area contributed by atoms with Crippen molar-refractivity contribution >= 4 is 38.8 Å². The molecule has 0 unspecified atom stereocenters. The number of fused-ring (bicyclic) bond motifs is 1. The smallest absolute Gasteiger partial charge is 0.442 e. The molecular formula is C20H18N4O6S. The van der Waals surface area contributed by atoms with E-state index in [1.165, 1.54) is 24.3 Å². The number of hydrogen-bond acceptors (Lipinski definition) is 8. The number of guanidine groups is 1. The first-order chi connectivity index (χ1) is 14.6. The monoisotopic (exact) mass is 442 g/mol. The first-order valence-electron chi connectivity index (χ1n) is 8.83. The van der Waals surface area contributed by atoms with Gasteiger partial charge in [0.1, 0.15) is 6.61 Å². The van der Waals surface area contributed by atoms with E-state index in [2.05, 4.69) is 4.98 Å². The molecule has 1 heterocycles. The summed E-state index contributed by atoms with van der Waals surface area (Å²) in [6.07, 6.45) is -0.179. The molecule has 2 aromatic carbocycles. The fourth-order valence-corrected chi connectivity index (χ4v) is 3.26. The van der Waals surface area contributed by atoms with E-state index in [4.69, 9.17) is 20.7 Å². The molecule has 0 saturated heterocycles. The second-order valence-electron chi connectivity index (χ2n) is 6.42. The number of pyridine rings is 1. The summed E-state index contributed by atoms with van der Waals surface area (Å²) in [7, 11) is -3.44. The van der Waals surface area contributed by atoms with Gasteiger partial charge in [0.15, 0.2) is 15.5 Å². The molecule has 0 fully saturated rings. The van der Waals surface area contributed by atoms with Gasteiger partial charge in [0.05, 0.1) is 10.4 Å². The molecule has 0 atom stereocenters. The van der Waals surface area contributed by atoms with Gasteiger partial charge in [-0.1, -0.05) is 41.5 Å². The highest BCUT2D eigenvalue weighted by atomic mass is 32.2. The van der Waals surface area contributed by atoms with Gasteiger partial charge >= 0.3 is 12.1 Å². The van der Waals surface area contributed by atoms with Crippen molar-refractivity contribution in [3.63, 3.8) is 0 Å². The van der Waals surface area contributed by atoms with Crippen LogP contribution in [0.1, 0.15) is 16.1 Å². The van der Waals surface area contributed by atoms with Crippen LogP contribution in [-0.2, 0) is 26.0 Å². The third kappa shape index (κ3) is 5.34. The van der Waals surface area contributed by atoms with Crippen molar-refractivity contribution in [2.45, 2.75) is 11.5 Å². The number of rotatable bonds is 4. The molecule has 0 spiro atoms. The molecular weight excluding hydrogens is 424 g/mol. The molecule has 0 bridgehead atoms. The van der Waals surface area contributed by atoms with E-state index in [1.807, 2.05) is 12.1 Å². The molecule has 0 radical (unpaired) electrons. The lowest BCUT2D eigenvalue weighted by molar-refractivity contribution is -0.0527. The van der Waals surface area contributed by atoms with E-state index < -0.39 is 27.9 Å². The third-order valence-corrected chi connectivity index (χ3v) is 5.17. The molecule has 0 aliphatic heterocycles. The van der Waals surface area contributed by atoms with Crippen molar-refractivity contribution in [1.82, 2.24) is 10.0 Å². The fourth-order valence-electron chi connectivity index (χ4n) is 2.56. The number of hydroxylamine groups is 2. The van der Waals surface area contributed by atoms with Gasteiger partial charge in [-0.3, -0.25) is 5.41 Å². The van der Waals surface area contributed by atoms with Gasteiger partial charge in [-0.2, -0.15) is 0 Å². The van der Waals surface area contributed by atoms with E-state index in [0.717, 1.165) is 11.6 Å². The number of nitrogens with one attached hydrogen (secondary N) is 1. The topological polar surface area (TPSA) is 153 Å². The van der Waals surface area contributed by atoms with Crippen LogP contribution in [0, 0.1) is 5.41 Å². The second-order valence-corrected chi connectivity index (χ2v) is 8.44. The van der Waals surface area contributed by atoms with Crippen LogP contribution >= 0.6 is 0 Å². The number of sulfone groups is 1. The average Bonchev–Trinajstić information content (AvgIpc) is 2.74. The quantitative estimate of drug-likeness (QED) is 0.354. The molecule has 0 aliphatic rings. The molecule has 0 saturated carbocycles. The summed E-state index contributed by atoms with van der Waals surface area (Å²) in [6.45, 7) is -0.336. The maximum absolute atomic E-state index is 12.4. The van der Waals surface area contributed by atoms with Gasteiger partial charge in [-0.25, -0.2) is 23.0 Å². The summed E-state index contributed by atoms with van der Waals surface area (Å²) in [5, 5.41) is 8.48. The Bertz CT molecular complexity index is 1280. The second kappa shape index (κ2) is 8.79. The maximum atomic E-state index is 12.4. The number of hydrogen-bond donors (Lipinski definition) is 2. The first kappa shape index (κ1) is 21.7. The van der Waals surface area contributed by atoms with Gasteiger partial charge in [0.25, 0.3) is 0 Å². The lowest BCUT2D eigenvalue weighted by atomic mass is 10.2. The largest absolute Gasteiger partial charge is 0.451 e. The number of amides is 1. The Labute approximate surface area is 177 Å². The molecule has 3 N–H and O–H groups in total. The summed E-state index contributed by atoms with van der Waals surface area (Å²) < 4.78 is 28.3. The lowest BCUT2D eigenvalue weighted by Gasteiger charge is -2.18. The number of nitrogens with zero attached hydrogens (tertiary/aromatic N) is 2. The van der Waals surface area contributed by atoms with Gasteiger partial charge in [0.2, 0.25) is 5.96 Å². The predicted molar refractivity (Wildman–Crippen MR) is 111 cm³/mol. The number of carbonyl (C=O) groups is 2. The summed E-state index contributed by atoms with van der Waals surface area (Å²) in [6, 6.07) is 15.9. The third-order valence-electron chi connectivity index (χ3n) is 4.06. The molecule has 11 heteroatoms. The van der Waals surface area contributed by atoms with E-state index in [9.17, 15) is 18.0 Å². The van der Waals surface area contributed by atoms with E-state index in [1.54, 1.807) is 24.3 Å². The normalized spacial score (nSPS) is 11.0. The van der Waals surface area contributed by atoms with Crippen molar-refractivity contribution in [2.75, 3.05) is 6.26 Å².